The number of amides is 1. The van der Waals surface area contributed by atoms with Gasteiger partial charge in [-0.3, -0.25) is 14.8 Å². The van der Waals surface area contributed by atoms with E-state index in [1.807, 2.05) is 6.20 Å². The first-order valence-corrected chi connectivity index (χ1v) is 9.13. The van der Waals surface area contributed by atoms with E-state index in [0.717, 1.165) is 31.4 Å². The van der Waals surface area contributed by atoms with Crippen molar-refractivity contribution in [3.63, 3.8) is 0 Å². The molecule has 1 fully saturated rings. The molecule has 0 bridgehead atoms. The molecule has 1 saturated heterocycles. The first kappa shape index (κ1) is 17.3. The highest BCUT2D eigenvalue weighted by Gasteiger charge is 2.22. The topological polar surface area (TPSA) is 81.3 Å². The van der Waals surface area contributed by atoms with E-state index in [-0.39, 0.29) is 11.8 Å². The average molecular weight is 362 g/mol. The van der Waals surface area contributed by atoms with E-state index in [2.05, 4.69) is 46.1 Å². The van der Waals surface area contributed by atoms with Gasteiger partial charge in [-0.1, -0.05) is 18.2 Å². The summed E-state index contributed by atoms with van der Waals surface area (Å²) < 4.78 is 6.05. The molecule has 2 aromatic heterocycles. The molecular weight excluding hydrogens is 340 g/mol. The number of piperidine rings is 1. The van der Waals surface area contributed by atoms with E-state index in [4.69, 9.17) is 10.5 Å². The molecule has 1 aromatic carbocycles. The smallest absolute Gasteiger partial charge is 0.267 e. The van der Waals surface area contributed by atoms with E-state index in [9.17, 15) is 4.79 Å². The molecule has 27 heavy (non-hydrogen) atoms. The van der Waals surface area contributed by atoms with Crippen molar-refractivity contribution in [2.75, 3.05) is 18.0 Å². The molecule has 6 nitrogen and oxygen atoms in total. The summed E-state index contributed by atoms with van der Waals surface area (Å²) in [4.78, 5) is 22.1. The van der Waals surface area contributed by atoms with Gasteiger partial charge in [-0.25, -0.2) is 0 Å². The molecule has 0 aliphatic carbocycles. The van der Waals surface area contributed by atoms with Crippen LogP contribution in [0.3, 0.4) is 0 Å². The van der Waals surface area contributed by atoms with Gasteiger partial charge < -0.3 is 15.4 Å². The van der Waals surface area contributed by atoms with E-state index in [1.165, 1.54) is 16.6 Å². The molecule has 138 valence electrons. The Morgan fingerprint density at radius 3 is 2.70 bits per heavy atom. The van der Waals surface area contributed by atoms with Gasteiger partial charge in [0, 0.05) is 55.5 Å². The van der Waals surface area contributed by atoms with Crippen molar-refractivity contribution in [3.05, 3.63) is 60.0 Å². The number of fused-ring (bicyclic) bond motifs is 1. The van der Waals surface area contributed by atoms with Crippen molar-refractivity contribution in [1.29, 1.82) is 0 Å². The Hall–Kier alpha value is -3.15. The summed E-state index contributed by atoms with van der Waals surface area (Å²) >= 11 is 0. The zero-order valence-corrected chi connectivity index (χ0v) is 15.3. The van der Waals surface area contributed by atoms with Gasteiger partial charge in [0.05, 0.1) is 5.52 Å². The average Bonchev–Trinajstić information content (AvgIpc) is 2.69. The highest BCUT2D eigenvalue weighted by Crippen LogP contribution is 2.30. The maximum absolute atomic E-state index is 11.3. The molecule has 0 saturated carbocycles. The van der Waals surface area contributed by atoms with Crippen LogP contribution < -0.4 is 15.4 Å². The third-order valence-electron chi connectivity index (χ3n) is 5.02. The van der Waals surface area contributed by atoms with Crippen LogP contribution >= 0.6 is 0 Å². The number of nitrogens with two attached hydrogens (primary N) is 1. The zero-order valence-electron chi connectivity index (χ0n) is 15.3. The number of aryl methyl sites for hydroxylation is 1. The minimum Gasteiger partial charge on any atom is -0.490 e. The van der Waals surface area contributed by atoms with Crippen LogP contribution in [0.1, 0.15) is 28.9 Å². The van der Waals surface area contributed by atoms with Gasteiger partial charge >= 0.3 is 0 Å². The fraction of sp³-hybridized carbons (Fsp3) is 0.286. The second-order valence-corrected chi connectivity index (χ2v) is 6.85. The Morgan fingerprint density at radius 1 is 1.15 bits per heavy atom. The molecule has 1 aliphatic heterocycles. The number of hydrogen-bond donors (Lipinski definition) is 1. The molecule has 1 amide bonds. The predicted molar refractivity (Wildman–Crippen MR) is 105 cm³/mol. The molecule has 4 rings (SSSR count). The van der Waals surface area contributed by atoms with Crippen LogP contribution in [0, 0.1) is 6.92 Å². The molecule has 0 spiro atoms. The normalized spacial score (nSPS) is 15.1. The fourth-order valence-corrected chi connectivity index (χ4v) is 3.61. The molecule has 1 aliphatic rings. The van der Waals surface area contributed by atoms with Gasteiger partial charge in [0.25, 0.3) is 5.91 Å². The molecule has 3 aromatic rings. The number of nitrogens with zero attached hydrogens (tertiary/aromatic N) is 3. The Bertz CT molecular complexity index is 981. The molecule has 0 radical (unpaired) electrons. The first-order chi connectivity index (χ1) is 13.1. The van der Waals surface area contributed by atoms with E-state index < -0.39 is 5.91 Å². The van der Waals surface area contributed by atoms with Crippen LogP contribution in [0.25, 0.3) is 10.9 Å². The number of benzene rings is 1. The minimum atomic E-state index is -0.546. The summed E-state index contributed by atoms with van der Waals surface area (Å²) in [6.45, 7) is 3.91. The molecule has 0 unspecified atom stereocenters. The van der Waals surface area contributed by atoms with E-state index in [0.29, 0.717) is 5.75 Å². The maximum Gasteiger partial charge on any atom is 0.267 e. The van der Waals surface area contributed by atoms with Gasteiger partial charge in [0.15, 0.2) is 0 Å². The maximum atomic E-state index is 11.3. The monoisotopic (exact) mass is 362 g/mol. The Morgan fingerprint density at radius 2 is 1.93 bits per heavy atom. The second kappa shape index (κ2) is 7.23. The third kappa shape index (κ3) is 3.56. The number of carbonyl (C=O) groups is 1. The van der Waals surface area contributed by atoms with Crippen molar-refractivity contribution in [3.8, 4) is 5.75 Å². The Kier molecular flexibility index (Phi) is 4.62. The van der Waals surface area contributed by atoms with Crippen LogP contribution in [0.2, 0.25) is 0 Å². The number of primary amides is 1. The van der Waals surface area contributed by atoms with E-state index >= 15 is 0 Å². The number of para-hydroxylation sites is 1. The second-order valence-electron chi connectivity index (χ2n) is 6.85. The summed E-state index contributed by atoms with van der Waals surface area (Å²) in [6.07, 6.45) is 5.36. The van der Waals surface area contributed by atoms with Crippen molar-refractivity contribution in [2.24, 2.45) is 5.73 Å². The quantitative estimate of drug-likeness (QED) is 0.771. The zero-order chi connectivity index (χ0) is 18.8. The lowest BCUT2D eigenvalue weighted by Gasteiger charge is -2.34. The number of hydrogen-bond acceptors (Lipinski definition) is 5. The SMILES string of the molecule is Cc1cccc2c(N3CCC(Oc4ccnc(C(N)=O)c4)CC3)ccnc12. The summed E-state index contributed by atoms with van der Waals surface area (Å²) in [6, 6.07) is 11.8. The van der Waals surface area contributed by atoms with Crippen molar-refractivity contribution < 1.29 is 9.53 Å². The predicted octanol–water partition coefficient (Wildman–Crippen LogP) is 3.08. The highest BCUT2D eigenvalue weighted by molar-refractivity contribution is 5.93. The number of rotatable bonds is 4. The van der Waals surface area contributed by atoms with Gasteiger partial charge in [-0.05, 0) is 24.6 Å². The van der Waals surface area contributed by atoms with Crippen LogP contribution in [0.15, 0.2) is 48.8 Å². The van der Waals surface area contributed by atoms with Gasteiger partial charge in [0.1, 0.15) is 17.5 Å². The number of carbonyl (C=O) groups excluding carboxylic acids is 1. The van der Waals surface area contributed by atoms with Crippen molar-refractivity contribution in [2.45, 2.75) is 25.9 Å². The summed E-state index contributed by atoms with van der Waals surface area (Å²) in [5.41, 5.74) is 8.98. The number of ether oxygens (including phenoxy) is 1. The van der Waals surface area contributed by atoms with E-state index in [1.54, 1.807) is 18.3 Å². The number of pyridine rings is 2. The molecule has 3 heterocycles. The molecule has 2 N–H and O–H groups in total. The standard InChI is InChI=1S/C21H22N4O2/c1-14-3-2-4-17-19(6-10-24-20(14)17)25-11-7-15(8-12-25)27-16-5-9-23-18(13-16)21(22)26/h2-6,9-10,13,15H,7-8,11-12H2,1H3,(H2,22,26). The van der Waals surface area contributed by atoms with Crippen LogP contribution in [0.4, 0.5) is 5.69 Å². The van der Waals surface area contributed by atoms with Gasteiger partial charge in [0.2, 0.25) is 0 Å². The fourth-order valence-electron chi connectivity index (χ4n) is 3.61. The van der Waals surface area contributed by atoms with Crippen molar-refractivity contribution in [1.82, 2.24) is 9.97 Å². The van der Waals surface area contributed by atoms with Crippen LogP contribution in [0.5, 0.6) is 5.75 Å². The summed E-state index contributed by atoms with van der Waals surface area (Å²) in [5.74, 6) is 0.0948. The number of anilines is 1. The number of aromatic nitrogens is 2. The summed E-state index contributed by atoms with van der Waals surface area (Å²) in [5, 5.41) is 1.19. The Labute approximate surface area is 158 Å². The lowest BCUT2D eigenvalue weighted by molar-refractivity contribution is 0.0994. The van der Waals surface area contributed by atoms with Crippen molar-refractivity contribution >= 4 is 22.5 Å². The molecule has 6 heteroatoms. The highest BCUT2D eigenvalue weighted by atomic mass is 16.5. The molecular formula is C21H22N4O2. The van der Waals surface area contributed by atoms with Gasteiger partial charge in [-0.2, -0.15) is 0 Å². The van der Waals surface area contributed by atoms with Crippen LogP contribution in [-0.4, -0.2) is 35.1 Å². The largest absolute Gasteiger partial charge is 0.490 e. The van der Waals surface area contributed by atoms with Crippen LogP contribution in [-0.2, 0) is 0 Å². The van der Waals surface area contributed by atoms with Gasteiger partial charge in [-0.15, -0.1) is 0 Å². The third-order valence-corrected chi connectivity index (χ3v) is 5.02. The lowest BCUT2D eigenvalue weighted by atomic mass is 10.0. The summed E-state index contributed by atoms with van der Waals surface area (Å²) in [7, 11) is 0. The Balaban J connectivity index is 1.46. The first-order valence-electron chi connectivity index (χ1n) is 9.13. The lowest BCUT2D eigenvalue weighted by Crippen LogP contribution is -2.38. The molecule has 0 atom stereocenters. The minimum absolute atomic E-state index is 0.110.